The van der Waals surface area contributed by atoms with Gasteiger partial charge in [-0.15, -0.1) is 0 Å². The molecule has 0 aliphatic carbocycles. The van der Waals surface area contributed by atoms with Crippen molar-refractivity contribution in [1.82, 2.24) is 0 Å². The molecule has 0 aliphatic rings. The zero-order chi connectivity index (χ0) is 9.94. The minimum absolute atomic E-state index is 0.0543. The Morgan fingerprint density at radius 3 is 2.15 bits per heavy atom. The Kier molecular flexibility index (Phi) is 9.08. The first-order valence-corrected chi connectivity index (χ1v) is 4.32. The molecule has 0 aromatic carbocycles. The number of aliphatic hydroxyl groups is 1. The van der Waals surface area contributed by atoms with Crippen LogP contribution in [0, 0.1) is 0 Å². The number of aliphatic hydroxyl groups excluding tert-OH is 1. The fraction of sp³-hybridized carbons (Fsp3) is 0.778. The quantitative estimate of drug-likeness (QED) is 0.426. The monoisotopic (exact) mass is 190 g/mol. The molecule has 4 nitrogen and oxygen atoms in total. The smallest absolute Gasteiger partial charge is 0.111 e. The van der Waals surface area contributed by atoms with E-state index >= 15 is 0 Å². The van der Waals surface area contributed by atoms with E-state index in [1.54, 1.807) is 6.92 Å². The van der Waals surface area contributed by atoms with Crippen LogP contribution in [-0.2, 0) is 14.2 Å². The average Bonchev–Trinajstić information content (AvgIpc) is 2.09. The fourth-order valence-corrected chi connectivity index (χ4v) is 0.661. The molecular weight excluding hydrogens is 172 g/mol. The van der Waals surface area contributed by atoms with Gasteiger partial charge in [0.15, 0.2) is 0 Å². The molecular formula is C9H18O4. The van der Waals surface area contributed by atoms with Gasteiger partial charge in [0.1, 0.15) is 6.61 Å². The summed E-state index contributed by atoms with van der Waals surface area (Å²) in [6.07, 6.45) is 0. The van der Waals surface area contributed by atoms with Crippen molar-refractivity contribution in [2.45, 2.75) is 6.92 Å². The Labute approximate surface area is 79.1 Å². The lowest BCUT2D eigenvalue weighted by Gasteiger charge is -2.06. The highest BCUT2D eigenvalue weighted by molar-refractivity contribution is 4.72. The molecule has 0 bridgehead atoms. The van der Waals surface area contributed by atoms with E-state index in [4.69, 9.17) is 19.3 Å². The van der Waals surface area contributed by atoms with Gasteiger partial charge >= 0.3 is 0 Å². The lowest BCUT2D eigenvalue weighted by Crippen LogP contribution is -2.10. The number of hydrogen-bond donors (Lipinski definition) is 1. The van der Waals surface area contributed by atoms with Crippen LogP contribution in [0.2, 0.25) is 0 Å². The maximum atomic E-state index is 8.37. The number of hydrogen-bond acceptors (Lipinski definition) is 4. The molecule has 0 amide bonds. The maximum Gasteiger partial charge on any atom is 0.111 e. The van der Waals surface area contributed by atoms with Crippen molar-refractivity contribution in [1.29, 1.82) is 0 Å². The van der Waals surface area contributed by atoms with Crippen LogP contribution >= 0.6 is 0 Å². The van der Waals surface area contributed by atoms with Crippen molar-refractivity contribution in [2.24, 2.45) is 0 Å². The summed E-state index contributed by atoms with van der Waals surface area (Å²) >= 11 is 0. The Balaban J connectivity index is 2.87. The van der Waals surface area contributed by atoms with Crippen LogP contribution in [0.25, 0.3) is 0 Å². The normalized spacial score (nSPS) is 10.0. The summed E-state index contributed by atoms with van der Waals surface area (Å²) in [7, 11) is 0. The van der Waals surface area contributed by atoms with Gasteiger partial charge in [-0.25, -0.2) is 0 Å². The maximum absolute atomic E-state index is 8.37. The van der Waals surface area contributed by atoms with Crippen LogP contribution in [0.1, 0.15) is 6.92 Å². The van der Waals surface area contributed by atoms with Gasteiger partial charge in [0.25, 0.3) is 0 Å². The van der Waals surface area contributed by atoms with E-state index in [0.29, 0.717) is 38.8 Å². The van der Waals surface area contributed by atoms with Gasteiger partial charge in [0, 0.05) is 0 Å². The molecule has 1 N–H and O–H groups in total. The molecule has 4 heteroatoms. The second-order valence-corrected chi connectivity index (χ2v) is 2.50. The highest BCUT2D eigenvalue weighted by Crippen LogP contribution is 1.89. The van der Waals surface area contributed by atoms with Gasteiger partial charge in [0.2, 0.25) is 0 Å². The number of ether oxygens (including phenoxy) is 3. The second-order valence-electron chi connectivity index (χ2n) is 2.50. The zero-order valence-corrected chi connectivity index (χ0v) is 8.12. The molecule has 13 heavy (non-hydrogen) atoms. The van der Waals surface area contributed by atoms with E-state index < -0.39 is 0 Å². The van der Waals surface area contributed by atoms with Gasteiger partial charge in [0.05, 0.1) is 38.8 Å². The fourth-order valence-electron chi connectivity index (χ4n) is 0.661. The van der Waals surface area contributed by atoms with Crippen molar-refractivity contribution >= 4 is 0 Å². The van der Waals surface area contributed by atoms with Crippen molar-refractivity contribution in [3.63, 3.8) is 0 Å². The first-order chi connectivity index (χ1) is 6.27. The van der Waals surface area contributed by atoms with E-state index in [2.05, 4.69) is 6.58 Å². The summed E-state index contributed by atoms with van der Waals surface area (Å²) in [4.78, 5) is 0. The summed E-state index contributed by atoms with van der Waals surface area (Å²) in [5, 5.41) is 8.37. The van der Waals surface area contributed by atoms with Crippen LogP contribution in [-0.4, -0.2) is 44.7 Å². The van der Waals surface area contributed by atoms with Crippen molar-refractivity contribution in [3.05, 3.63) is 12.3 Å². The molecule has 0 aromatic rings. The molecule has 0 atom stereocenters. The lowest BCUT2D eigenvalue weighted by molar-refractivity contribution is 0.0179. The van der Waals surface area contributed by atoms with Crippen LogP contribution in [0.3, 0.4) is 0 Å². The van der Waals surface area contributed by atoms with E-state index in [9.17, 15) is 0 Å². The highest BCUT2D eigenvalue weighted by atomic mass is 16.5. The third-order valence-corrected chi connectivity index (χ3v) is 1.18. The van der Waals surface area contributed by atoms with Crippen LogP contribution in [0.5, 0.6) is 0 Å². The van der Waals surface area contributed by atoms with Crippen LogP contribution in [0.15, 0.2) is 12.3 Å². The largest absolute Gasteiger partial charge is 0.496 e. The Morgan fingerprint density at radius 2 is 1.62 bits per heavy atom. The van der Waals surface area contributed by atoms with Crippen molar-refractivity contribution in [3.8, 4) is 0 Å². The third kappa shape index (κ3) is 11.4. The van der Waals surface area contributed by atoms with Crippen LogP contribution < -0.4 is 0 Å². The van der Waals surface area contributed by atoms with Gasteiger partial charge in [-0.3, -0.25) is 0 Å². The molecule has 0 rings (SSSR count). The standard InChI is InChI=1S/C9H18O4/c1-9(2)13-8-7-12-6-5-11-4-3-10/h10H,1,3-8H2,2H3. The predicted octanol–water partition coefficient (Wildman–Crippen LogP) is 0.562. The summed E-state index contributed by atoms with van der Waals surface area (Å²) in [5.41, 5.74) is 0. The van der Waals surface area contributed by atoms with E-state index in [-0.39, 0.29) is 6.61 Å². The van der Waals surface area contributed by atoms with E-state index in [1.165, 1.54) is 0 Å². The first kappa shape index (κ1) is 12.4. The molecule has 0 aromatic heterocycles. The van der Waals surface area contributed by atoms with Gasteiger partial charge in [-0.1, -0.05) is 6.58 Å². The van der Waals surface area contributed by atoms with E-state index in [0.717, 1.165) is 0 Å². The summed E-state index contributed by atoms with van der Waals surface area (Å²) in [6, 6.07) is 0. The van der Waals surface area contributed by atoms with Crippen molar-refractivity contribution in [2.75, 3.05) is 39.6 Å². The minimum atomic E-state index is 0.0543. The highest BCUT2D eigenvalue weighted by Gasteiger charge is 1.90. The molecule has 0 heterocycles. The average molecular weight is 190 g/mol. The minimum Gasteiger partial charge on any atom is -0.496 e. The zero-order valence-electron chi connectivity index (χ0n) is 8.12. The first-order valence-electron chi connectivity index (χ1n) is 4.32. The topological polar surface area (TPSA) is 47.9 Å². The molecule has 0 fully saturated rings. The summed E-state index contributed by atoms with van der Waals surface area (Å²) in [5.74, 6) is 0.695. The molecule has 78 valence electrons. The molecule has 0 saturated carbocycles. The Morgan fingerprint density at radius 1 is 1.08 bits per heavy atom. The Bertz CT molecular complexity index is 125. The van der Waals surface area contributed by atoms with Gasteiger partial charge < -0.3 is 19.3 Å². The van der Waals surface area contributed by atoms with Gasteiger partial charge in [-0.2, -0.15) is 0 Å². The molecule has 0 aliphatic heterocycles. The SMILES string of the molecule is C=C(C)OCCOCCOCCO. The van der Waals surface area contributed by atoms with Gasteiger partial charge in [-0.05, 0) is 6.92 Å². The molecule has 0 radical (unpaired) electrons. The number of rotatable bonds is 9. The molecule has 0 spiro atoms. The summed E-state index contributed by atoms with van der Waals surface area (Å²) in [6.45, 7) is 7.90. The lowest BCUT2D eigenvalue weighted by atomic mass is 10.6. The Hall–Kier alpha value is -0.580. The third-order valence-electron chi connectivity index (χ3n) is 1.18. The summed E-state index contributed by atoms with van der Waals surface area (Å²) < 4.78 is 15.2. The molecule has 0 saturated heterocycles. The van der Waals surface area contributed by atoms with E-state index in [1.807, 2.05) is 0 Å². The number of allylic oxidation sites excluding steroid dienone is 1. The van der Waals surface area contributed by atoms with Crippen molar-refractivity contribution < 1.29 is 19.3 Å². The predicted molar refractivity (Wildman–Crippen MR) is 49.5 cm³/mol. The second kappa shape index (κ2) is 9.51. The molecule has 0 unspecified atom stereocenters. The van der Waals surface area contributed by atoms with Crippen LogP contribution in [0.4, 0.5) is 0 Å².